The average molecular weight is 363 g/mol. The minimum absolute atomic E-state index is 0.0241. The molecule has 3 aromatic rings. The number of hydrogen-bond acceptors (Lipinski definition) is 3. The predicted molar refractivity (Wildman–Crippen MR) is 115 cm³/mol. The topological polar surface area (TPSA) is 45.2 Å². The van der Waals surface area contributed by atoms with Crippen LogP contribution in [-0.4, -0.2) is 15.6 Å². The number of phenolic OH excluding ortho intramolecular Hbond substituents is 1. The van der Waals surface area contributed by atoms with E-state index in [0.717, 1.165) is 27.8 Å². The van der Waals surface area contributed by atoms with Crippen molar-refractivity contribution in [3.05, 3.63) is 72.6 Å². The molecule has 0 amide bonds. The smallest absolute Gasteiger partial charge is 0.127 e. The number of benzene rings is 2. The molecule has 142 valence electrons. The number of phenols is 1. The van der Waals surface area contributed by atoms with Gasteiger partial charge in [-0.3, -0.25) is 4.98 Å². The number of hydrogen-bond donors (Lipinski definition) is 2. The average Bonchev–Trinajstić information content (AvgIpc) is 2.69. The van der Waals surface area contributed by atoms with Gasteiger partial charge in [0.15, 0.2) is 0 Å². The summed E-state index contributed by atoms with van der Waals surface area (Å²) in [5, 5.41) is 14.3. The molecule has 0 spiro atoms. The Balaban J connectivity index is 0.00000126. The lowest BCUT2D eigenvalue weighted by atomic mass is 9.95. The second kappa shape index (κ2) is 9.33. The highest BCUT2D eigenvalue weighted by Crippen LogP contribution is 2.36. The second-order valence-electron chi connectivity index (χ2n) is 7.24. The Morgan fingerprint density at radius 3 is 2.15 bits per heavy atom. The van der Waals surface area contributed by atoms with Crippen LogP contribution in [0.25, 0.3) is 22.3 Å². The SMILES string of the molecule is CC.CC(C)(C)NCc1cc(-c2cccnc2)cc(-c2ccccc2)c1O. The molecule has 0 saturated heterocycles. The third kappa shape index (κ3) is 5.66. The molecule has 3 rings (SSSR count). The summed E-state index contributed by atoms with van der Waals surface area (Å²) in [6, 6.07) is 18.0. The van der Waals surface area contributed by atoms with E-state index < -0.39 is 0 Å². The molecule has 2 N–H and O–H groups in total. The first kappa shape index (κ1) is 20.7. The van der Waals surface area contributed by atoms with E-state index in [1.54, 1.807) is 6.20 Å². The molecular weight excluding hydrogens is 332 g/mol. The highest BCUT2D eigenvalue weighted by molar-refractivity contribution is 5.79. The van der Waals surface area contributed by atoms with Gasteiger partial charge in [0.05, 0.1) is 0 Å². The van der Waals surface area contributed by atoms with Crippen molar-refractivity contribution in [1.82, 2.24) is 10.3 Å². The predicted octanol–water partition coefficient (Wildman–Crippen LogP) is 6.04. The first-order valence-electron chi connectivity index (χ1n) is 9.51. The van der Waals surface area contributed by atoms with Crippen LogP contribution in [0.1, 0.15) is 40.2 Å². The number of nitrogens with zero attached hydrogens (tertiary/aromatic N) is 1. The summed E-state index contributed by atoms with van der Waals surface area (Å²) in [7, 11) is 0. The number of nitrogens with one attached hydrogen (secondary N) is 1. The lowest BCUT2D eigenvalue weighted by Crippen LogP contribution is -2.35. The molecule has 27 heavy (non-hydrogen) atoms. The van der Waals surface area contributed by atoms with Crippen molar-refractivity contribution >= 4 is 0 Å². The van der Waals surface area contributed by atoms with Crippen LogP contribution in [0.5, 0.6) is 5.75 Å². The fourth-order valence-corrected chi connectivity index (χ4v) is 2.73. The largest absolute Gasteiger partial charge is 0.507 e. The lowest BCUT2D eigenvalue weighted by Gasteiger charge is -2.22. The maximum atomic E-state index is 10.9. The molecule has 1 heterocycles. The van der Waals surface area contributed by atoms with E-state index in [4.69, 9.17) is 0 Å². The van der Waals surface area contributed by atoms with Gasteiger partial charge < -0.3 is 10.4 Å². The van der Waals surface area contributed by atoms with Crippen LogP contribution < -0.4 is 5.32 Å². The molecule has 0 aliphatic rings. The van der Waals surface area contributed by atoms with Crippen molar-refractivity contribution in [2.45, 2.75) is 46.7 Å². The third-order valence-corrected chi connectivity index (χ3v) is 4.08. The summed E-state index contributed by atoms with van der Waals surface area (Å²) in [6.07, 6.45) is 3.62. The normalized spacial score (nSPS) is 10.9. The van der Waals surface area contributed by atoms with E-state index in [1.807, 2.05) is 74.6 Å². The molecular formula is C24H30N2O. The Morgan fingerprint density at radius 1 is 0.889 bits per heavy atom. The van der Waals surface area contributed by atoms with E-state index in [1.165, 1.54) is 0 Å². The van der Waals surface area contributed by atoms with Gasteiger partial charge >= 0.3 is 0 Å². The Hall–Kier alpha value is -2.65. The van der Waals surface area contributed by atoms with Gasteiger partial charge in [0, 0.05) is 41.2 Å². The minimum Gasteiger partial charge on any atom is -0.507 e. The van der Waals surface area contributed by atoms with Crippen LogP contribution in [0.2, 0.25) is 0 Å². The highest BCUT2D eigenvalue weighted by atomic mass is 16.3. The highest BCUT2D eigenvalue weighted by Gasteiger charge is 2.15. The molecule has 1 aromatic heterocycles. The lowest BCUT2D eigenvalue weighted by molar-refractivity contribution is 0.412. The van der Waals surface area contributed by atoms with Gasteiger partial charge in [0.25, 0.3) is 0 Å². The summed E-state index contributed by atoms with van der Waals surface area (Å²) >= 11 is 0. The first-order valence-corrected chi connectivity index (χ1v) is 9.51. The maximum absolute atomic E-state index is 10.9. The zero-order valence-corrected chi connectivity index (χ0v) is 17.0. The fourth-order valence-electron chi connectivity index (χ4n) is 2.73. The van der Waals surface area contributed by atoms with E-state index in [2.05, 4.69) is 31.1 Å². The molecule has 0 aliphatic heterocycles. The van der Waals surface area contributed by atoms with Gasteiger partial charge in [0.2, 0.25) is 0 Å². The van der Waals surface area contributed by atoms with Crippen LogP contribution in [0, 0.1) is 0 Å². The third-order valence-electron chi connectivity index (χ3n) is 4.08. The van der Waals surface area contributed by atoms with Gasteiger partial charge in [0.1, 0.15) is 5.75 Å². The van der Waals surface area contributed by atoms with Crippen LogP contribution in [0.15, 0.2) is 67.0 Å². The van der Waals surface area contributed by atoms with Crippen LogP contribution in [-0.2, 0) is 6.54 Å². The van der Waals surface area contributed by atoms with E-state index >= 15 is 0 Å². The zero-order valence-electron chi connectivity index (χ0n) is 17.0. The molecule has 0 radical (unpaired) electrons. The minimum atomic E-state index is -0.0241. The molecule has 0 fully saturated rings. The van der Waals surface area contributed by atoms with Crippen molar-refractivity contribution < 1.29 is 5.11 Å². The van der Waals surface area contributed by atoms with E-state index in [-0.39, 0.29) is 5.54 Å². The second-order valence-corrected chi connectivity index (χ2v) is 7.24. The van der Waals surface area contributed by atoms with Crippen LogP contribution >= 0.6 is 0 Å². The molecule has 0 atom stereocenters. The summed E-state index contributed by atoms with van der Waals surface area (Å²) in [5.74, 6) is 0.329. The molecule has 0 aliphatic carbocycles. The quantitative estimate of drug-likeness (QED) is 0.595. The van der Waals surface area contributed by atoms with E-state index in [9.17, 15) is 5.11 Å². The Kier molecular flexibility index (Phi) is 7.14. The molecule has 0 bridgehead atoms. The van der Waals surface area contributed by atoms with Crippen LogP contribution in [0.3, 0.4) is 0 Å². The molecule has 0 unspecified atom stereocenters. The van der Waals surface area contributed by atoms with Crippen molar-refractivity contribution in [1.29, 1.82) is 0 Å². The maximum Gasteiger partial charge on any atom is 0.127 e. The van der Waals surface area contributed by atoms with Crippen molar-refractivity contribution in [3.63, 3.8) is 0 Å². The standard InChI is InChI=1S/C22H24N2O.C2H6/c1-22(2,3)24-15-19-12-18(17-10-7-11-23-14-17)13-20(21(19)25)16-8-5-4-6-9-16;1-2/h4-14,24-25H,15H2,1-3H3;1-2H3. The Morgan fingerprint density at radius 2 is 1.56 bits per heavy atom. The molecule has 3 heteroatoms. The fraction of sp³-hybridized carbons (Fsp3) is 0.292. The summed E-state index contributed by atoms with van der Waals surface area (Å²) in [5.41, 5.74) is 4.79. The summed E-state index contributed by atoms with van der Waals surface area (Å²) in [4.78, 5) is 4.22. The monoisotopic (exact) mass is 362 g/mol. The number of aromatic hydroxyl groups is 1. The van der Waals surface area contributed by atoms with Gasteiger partial charge in [-0.1, -0.05) is 50.2 Å². The Bertz CT molecular complexity index is 838. The van der Waals surface area contributed by atoms with Crippen LogP contribution in [0.4, 0.5) is 0 Å². The number of rotatable bonds is 4. The van der Waals surface area contributed by atoms with Gasteiger partial charge in [-0.25, -0.2) is 0 Å². The first-order chi connectivity index (χ1) is 12.9. The molecule has 3 nitrogen and oxygen atoms in total. The van der Waals surface area contributed by atoms with Gasteiger partial charge in [-0.05, 0) is 50.1 Å². The van der Waals surface area contributed by atoms with E-state index in [0.29, 0.717) is 12.3 Å². The summed E-state index contributed by atoms with van der Waals surface area (Å²) < 4.78 is 0. The Labute approximate surface area is 163 Å². The molecule has 0 saturated carbocycles. The number of pyridine rings is 1. The van der Waals surface area contributed by atoms with Crippen molar-refractivity contribution in [2.75, 3.05) is 0 Å². The zero-order chi connectivity index (χ0) is 19.9. The van der Waals surface area contributed by atoms with Crippen molar-refractivity contribution in [3.8, 4) is 28.0 Å². The summed E-state index contributed by atoms with van der Waals surface area (Å²) in [6.45, 7) is 11.0. The van der Waals surface area contributed by atoms with Gasteiger partial charge in [-0.2, -0.15) is 0 Å². The molecule has 2 aromatic carbocycles. The van der Waals surface area contributed by atoms with Crippen molar-refractivity contribution in [2.24, 2.45) is 0 Å². The van der Waals surface area contributed by atoms with Gasteiger partial charge in [-0.15, -0.1) is 0 Å². The number of aromatic nitrogens is 1.